The summed E-state index contributed by atoms with van der Waals surface area (Å²) < 4.78 is 2.19. The van der Waals surface area contributed by atoms with Crippen LogP contribution in [0.25, 0.3) is 0 Å². The van der Waals surface area contributed by atoms with Gasteiger partial charge in [-0.3, -0.25) is 9.59 Å². The van der Waals surface area contributed by atoms with E-state index in [4.69, 9.17) is 0 Å². The van der Waals surface area contributed by atoms with Gasteiger partial charge in [0.1, 0.15) is 0 Å². The maximum absolute atomic E-state index is 12.0. The predicted molar refractivity (Wildman–Crippen MR) is 89.5 cm³/mol. The van der Waals surface area contributed by atoms with E-state index < -0.39 is 8.24 Å². The average Bonchev–Trinajstić information content (AvgIpc) is 2.87. The summed E-state index contributed by atoms with van der Waals surface area (Å²) in [5.74, 6) is 1.11. The first-order valence-electron chi connectivity index (χ1n) is 8.07. The monoisotopic (exact) mass is 312 g/mol. The van der Waals surface area contributed by atoms with Gasteiger partial charge in [0.25, 0.3) is 0 Å². The predicted octanol–water partition coefficient (Wildman–Crippen LogP) is 3.00. The minimum atomic E-state index is -1.59. The summed E-state index contributed by atoms with van der Waals surface area (Å²) in [6.45, 7) is 17.3. The fourth-order valence-electron chi connectivity index (χ4n) is 2.50. The second-order valence-electron chi connectivity index (χ2n) is 7.97. The number of carbonyl (C=O) groups excluding carboxylic acids is 2. The second-order valence-corrected chi connectivity index (χ2v) is 13.1. The van der Waals surface area contributed by atoms with Crippen LogP contribution < -0.4 is 5.32 Å². The van der Waals surface area contributed by atoms with E-state index in [-0.39, 0.29) is 22.8 Å². The third-order valence-corrected chi connectivity index (χ3v) is 10.8. The van der Waals surface area contributed by atoms with Gasteiger partial charge in [-0.1, -0.05) is 47.7 Å². The molecule has 2 fully saturated rings. The minimum Gasteiger partial charge on any atom is -0.369 e. The fraction of sp³-hybridized carbons (Fsp3) is 0.875. The zero-order valence-electron chi connectivity index (χ0n) is 14.7. The lowest BCUT2D eigenvalue weighted by Gasteiger charge is -2.44. The van der Waals surface area contributed by atoms with Gasteiger partial charge in [-0.25, -0.2) is 0 Å². The largest absolute Gasteiger partial charge is 0.369 e. The SMILES string of the molecule is CC1CCN([Si](C)(C)C(C)(C)C)C1=O.CC1CCNC1=O. The summed E-state index contributed by atoms with van der Waals surface area (Å²) in [4.78, 5) is 22.4. The molecule has 122 valence electrons. The van der Waals surface area contributed by atoms with Crippen molar-refractivity contribution in [2.75, 3.05) is 13.1 Å². The van der Waals surface area contributed by atoms with Gasteiger partial charge in [-0.15, -0.1) is 0 Å². The van der Waals surface area contributed by atoms with E-state index in [0.29, 0.717) is 5.91 Å². The Morgan fingerprint density at radius 3 is 1.90 bits per heavy atom. The molecule has 5 heteroatoms. The molecule has 0 aromatic carbocycles. The van der Waals surface area contributed by atoms with Crippen LogP contribution in [0.1, 0.15) is 47.5 Å². The molecule has 2 atom stereocenters. The van der Waals surface area contributed by atoms with Crippen molar-refractivity contribution in [1.29, 1.82) is 0 Å². The van der Waals surface area contributed by atoms with E-state index in [0.717, 1.165) is 25.9 Å². The van der Waals surface area contributed by atoms with E-state index in [1.165, 1.54) is 0 Å². The minimum absolute atomic E-state index is 0.208. The Morgan fingerprint density at radius 2 is 1.67 bits per heavy atom. The molecule has 1 N–H and O–H groups in total. The maximum atomic E-state index is 12.0. The van der Waals surface area contributed by atoms with Crippen molar-refractivity contribution in [1.82, 2.24) is 9.88 Å². The van der Waals surface area contributed by atoms with Crippen LogP contribution in [-0.2, 0) is 9.59 Å². The lowest BCUT2D eigenvalue weighted by atomic mass is 10.1. The van der Waals surface area contributed by atoms with Crippen molar-refractivity contribution < 1.29 is 9.59 Å². The lowest BCUT2D eigenvalue weighted by molar-refractivity contribution is -0.127. The molecule has 21 heavy (non-hydrogen) atoms. The highest BCUT2D eigenvalue weighted by Crippen LogP contribution is 2.40. The number of hydrogen-bond donors (Lipinski definition) is 1. The Balaban J connectivity index is 0.000000262. The molecule has 2 saturated heterocycles. The molecule has 2 aliphatic rings. The van der Waals surface area contributed by atoms with Crippen LogP contribution in [0, 0.1) is 11.8 Å². The first kappa shape index (κ1) is 18.2. The first-order valence-corrected chi connectivity index (χ1v) is 11.0. The first-order chi connectivity index (χ1) is 9.48. The summed E-state index contributed by atoms with van der Waals surface area (Å²) in [5.41, 5.74) is 0. The number of amides is 2. The van der Waals surface area contributed by atoms with Gasteiger partial charge in [0.2, 0.25) is 11.8 Å². The van der Waals surface area contributed by atoms with Crippen LogP contribution >= 0.6 is 0 Å². The van der Waals surface area contributed by atoms with E-state index in [1.807, 2.05) is 6.92 Å². The molecule has 0 aromatic heterocycles. The van der Waals surface area contributed by atoms with Gasteiger partial charge in [-0.2, -0.15) is 0 Å². The Labute approximate surface area is 130 Å². The molecule has 4 nitrogen and oxygen atoms in total. The van der Waals surface area contributed by atoms with Crippen LogP contribution in [0.2, 0.25) is 18.1 Å². The zero-order valence-corrected chi connectivity index (χ0v) is 15.7. The summed E-state index contributed by atoms with van der Waals surface area (Å²) >= 11 is 0. The summed E-state index contributed by atoms with van der Waals surface area (Å²) in [6, 6.07) is 0. The molecule has 0 bridgehead atoms. The number of rotatable bonds is 1. The van der Waals surface area contributed by atoms with Crippen LogP contribution in [-0.4, -0.2) is 37.7 Å². The van der Waals surface area contributed by atoms with Gasteiger partial charge in [0.05, 0.1) is 0 Å². The standard InChI is InChI=1S/C11H23NOSi.C5H9NO/c1-9-7-8-12(10(9)13)14(5,6)11(2,3)4;1-4-2-3-6-5(4)7/h9H,7-8H2,1-6H3;4H,2-3H2,1H3,(H,6,7). The molecule has 2 rings (SSSR count). The summed E-state index contributed by atoms with van der Waals surface area (Å²) in [7, 11) is -1.59. The molecule has 0 radical (unpaired) electrons. The smallest absolute Gasteiger partial charge is 0.222 e. The highest BCUT2D eigenvalue weighted by atomic mass is 28.3. The Hall–Kier alpha value is -0.843. The molecule has 0 saturated carbocycles. The molecule has 0 spiro atoms. The molecule has 2 heterocycles. The summed E-state index contributed by atoms with van der Waals surface area (Å²) in [6.07, 6.45) is 2.06. The zero-order chi connectivity index (χ0) is 16.4. The third kappa shape index (κ3) is 4.08. The van der Waals surface area contributed by atoms with E-state index in [9.17, 15) is 9.59 Å². The molecule has 2 unspecified atom stereocenters. The number of nitrogens with one attached hydrogen (secondary N) is 1. The number of carbonyl (C=O) groups is 2. The van der Waals surface area contributed by atoms with Crippen LogP contribution in [0.15, 0.2) is 0 Å². The maximum Gasteiger partial charge on any atom is 0.222 e. The van der Waals surface area contributed by atoms with Crippen molar-refractivity contribution >= 4 is 20.0 Å². The van der Waals surface area contributed by atoms with Gasteiger partial charge in [-0.05, 0) is 17.9 Å². The molecular formula is C16H32N2O2Si. The fourth-order valence-corrected chi connectivity index (χ4v) is 4.77. The van der Waals surface area contributed by atoms with Crippen molar-refractivity contribution in [2.45, 2.75) is 65.6 Å². The molecule has 0 aliphatic carbocycles. The van der Waals surface area contributed by atoms with Gasteiger partial charge >= 0.3 is 0 Å². The van der Waals surface area contributed by atoms with E-state index >= 15 is 0 Å². The Morgan fingerprint density at radius 1 is 1.10 bits per heavy atom. The molecule has 0 aromatic rings. The van der Waals surface area contributed by atoms with Gasteiger partial charge < -0.3 is 9.88 Å². The third-order valence-electron chi connectivity index (χ3n) is 5.31. The van der Waals surface area contributed by atoms with Crippen molar-refractivity contribution in [3.8, 4) is 0 Å². The normalized spacial score (nSPS) is 26.5. The second kappa shape index (κ2) is 6.51. The van der Waals surface area contributed by atoms with Crippen molar-refractivity contribution in [2.24, 2.45) is 11.8 Å². The molecule has 2 amide bonds. The number of hydrogen-bond acceptors (Lipinski definition) is 2. The highest BCUT2D eigenvalue weighted by molar-refractivity contribution is 6.79. The van der Waals surface area contributed by atoms with Gasteiger partial charge in [0.15, 0.2) is 8.24 Å². The topological polar surface area (TPSA) is 49.4 Å². The molecule has 2 aliphatic heterocycles. The van der Waals surface area contributed by atoms with Crippen LogP contribution in [0.3, 0.4) is 0 Å². The van der Waals surface area contributed by atoms with Crippen LogP contribution in [0.4, 0.5) is 0 Å². The van der Waals surface area contributed by atoms with E-state index in [1.54, 1.807) is 0 Å². The summed E-state index contributed by atoms with van der Waals surface area (Å²) in [5, 5.41) is 3.00. The molecular weight excluding hydrogens is 280 g/mol. The van der Waals surface area contributed by atoms with Crippen molar-refractivity contribution in [3.05, 3.63) is 0 Å². The van der Waals surface area contributed by atoms with Gasteiger partial charge in [0, 0.05) is 24.9 Å². The quantitative estimate of drug-likeness (QED) is 0.757. The Bertz CT molecular complexity index is 402. The average molecular weight is 313 g/mol. The van der Waals surface area contributed by atoms with Crippen molar-refractivity contribution in [3.63, 3.8) is 0 Å². The van der Waals surface area contributed by atoms with Crippen LogP contribution in [0.5, 0.6) is 0 Å². The van der Waals surface area contributed by atoms with E-state index in [2.05, 4.69) is 50.7 Å². The highest BCUT2D eigenvalue weighted by Gasteiger charge is 2.46. The Kier molecular flexibility index (Phi) is 5.64. The number of nitrogens with zero attached hydrogens (tertiary/aromatic N) is 1. The lowest BCUT2D eigenvalue weighted by Crippen LogP contribution is -2.55.